The van der Waals surface area contributed by atoms with Gasteiger partial charge < -0.3 is 14.4 Å². The number of carbonyl (C=O) groups excluding carboxylic acids is 3. The molecular weight excluding hydrogens is 378 g/mol. The zero-order valence-electron chi connectivity index (χ0n) is 17.1. The average Bonchev–Trinajstić information content (AvgIpc) is 3.43. The number of nitrogens with zero attached hydrogens (tertiary/aromatic N) is 3. The Morgan fingerprint density at radius 3 is 2.30 bits per heavy atom. The minimum atomic E-state index is -0.572. The maximum absolute atomic E-state index is 13.2. The SMILES string of the molecule is CCN(C(=O)C(=O)c1cn(CC(=O)N2CCCC2)c2ccccc12)c1ccccc1. The van der Waals surface area contributed by atoms with E-state index >= 15 is 0 Å². The summed E-state index contributed by atoms with van der Waals surface area (Å²) in [6.07, 6.45) is 3.71. The zero-order chi connectivity index (χ0) is 21.1. The lowest BCUT2D eigenvalue weighted by atomic mass is 10.1. The number of benzene rings is 2. The van der Waals surface area contributed by atoms with Crippen LogP contribution >= 0.6 is 0 Å². The second kappa shape index (κ2) is 8.53. The number of amides is 2. The first-order valence-corrected chi connectivity index (χ1v) is 10.4. The van der Waals surface area contributed by atoms with Crippen molar-refractivity contribution in [3.05, 3.63) is 66.4 Å². The Morgan fingerprint density at radius 1 is 0.933 bits per heavy atom. The van der Waals surface area contributed by atoms with Crippen LogP contribution in [0.1, 0.15) is 30.1 Å². The van der Waals surface area contributed by atoms with Gasteiger partial charge in [-0.15, -0.1) is 0 Å². The van der Waals surface area contributed by atoms with E-state index in [4.69, 9.17) is 0 Å². The molecule has 2 amide bonds. The van der Waals surface area contributed by atoms with Crippen molar-refractivity contribution in [3.8, 4) is 0 Å². The molecule has 0 spiro atoms. The Morgan fingerprint density at radius 2 is 1.60 bits per heavy atom. The van der Waals surface area contributed by atoms with Gasteiger partial charge in [-0.25, -0.2) is 0 Å². The van der Waals surface area contributed by atoms with Gasteiger partial charge in [0.1, 0.15) is 6.54 Å². The summed E-state index contributed by atoms with van der Waals surface area (Å²) in [4.78, 5) is 42.2. The van der Waals surface area contributed by atoms with Crippen molar-refractivity contribution < 1.29 is 14.4 Å². The quantitative estimate of drug-likeness (QED) is 0.467. The number of rotatable bonds is 6. The number of ketones is 1. The van der Waals surface area contributed by atoms with Crippen LogP contribution in [0.15, 0.2) is 60.8 Å². The standard InChI is InChI=1S/C24H25N3O3/c1-2-27(18-10-4-3-5-11-18)24(30)23(29)20-16-26(21-13-7-6-12-19(20)21)17-22(28)25-14-8-9-15-25/h3-7,10-13,16H,2,8-9,14-15,17H2,1H3. The number of carbonyl (C=O) groups is 3. The van der Waals surface area contributed by atoms with Gasteiger partial charge in [0.2, 0.25) is 5.91 Å². The molecule has 1 aliphatic rings. The largest absolute Gasteiger partial charge is 0.341 e. The van der Waals surface area contributed by atoms with E-state index in [1.165, 1.54) is 4.90 Å². The molecule has 0 N–H and O–H groups in total. The van der Waals surface area contributed by atoms with Crippen LogP contribution in [0.2, 0.25) is 0 Å². The van der Waals surface area contributed by atoms with Gasteiger partial charge in [-0.1, -0.05) is 36.4 Å². The van der Waals surface area contributed by atoms with Crippen LogP contribution in [0, 0.1) is 0 Å². The number of Topliss-reactive ketones (excluding diaryl/α,β-unsaturated/α-hetero) is 1. The first kappa shape index (κ1) is 19.9. The van der Waals surface area contributed by atoms with Crippen molar-refractivity contribution in [2.24, 2.45) is 0 Å². The molecule has 2 heterocycles. The van der Waals surface area contributed by atoms with E-state index in [0.29, 0.717) is 23.2 Å². The molecule has 1 saturated heterocycles. The van der Waals surface area contributed by atoms with E-state index in [1.54, 1.807) is 10.8 Å². The Kier molecular flexibility index (Phi) is 5.65. The molecule has 1 fully saturated rings. The molecule has 6 heteroatoms. The fourth-order valence-corrected chi connectivity index (χ4v) is 4.06. The molecule has 6 nitrogen and oxygen atoms in total. The molecule has 30 heavy (non-hydrogen) atoms. The maximum atomic E-state index is 13.2. The summed E-state index contributed by atoms with van der Waals surface area (Å²) in [5.41, 5.74) is 1.80. The summed E-state index contributed by atoms with van der Waals surface area (Å²) in [7, 11) is 0. The van der Waals surface area contributed by atoms with E-state index in [1.807, 2.05) is 66.4 Å². The normalized spacial score (nSPS) is 13.6. The number of aromatic nitrogens is 1. The van der Waals surface area contributed by atoms with E-state index < -0.39 is 11.7 Å². The third-order valence-electron chi connectivity index (χ3n) is 5.62. The molecule has 4 rings (SSSR count). The molecule has 3 aromatic rings. The van der Waals surface area contributed by atoms with Crippen LogP contribution in [0.3, 0.4) is 0 Å². The summed E-state index contributed by atoms with van der Waals surface area (Å²) < 4.78 is 1.79. The second-order valence-corrected chi connectivity index (χ2v) is 7.49. The van der Waals surface area contributed by atoms with Crippen LogP contribution in [0.5, 0.6) is 0 Å². The van der Waals surface area contributed by atoms with Gasteiger partial charge in [0.25, 0.3) is 11.7 Å². The Bertz CT molecular complexity index is 1080. The van der Waals surface area contributed by atoms with Crippen LogP contribution in [-0.2, 0) is 16.1 Å². The van der Waals surface area contributed by atoms with Gasteiger partial charge in [0, 0.05) is 42.4 Å². The van der Waals surface area contributed by atoms with E-state index in [0.717, 1.165) is 31.4 Å². The summed E-state index contributed by atoms with van der Waals surface area (Å²) in [6, 6.07) is 16.6. The van der Waals surface area contributed by atoms with Crippen LogP contribution in [-0.4, -0.2) is 46.7 Å². The van der Waals surface area contributed by atoms with Crippen LogP contribution < -0.4 is 4.90 Å². The van der Waals surface area contributed by atoms with E-state index in [2.05, 4.69) is 0 Å². The van der Waals surface area contributed by atoms with Crippen molar-refractivity contribution in [1.29, 1.82) is 0 Å². The molecule has 1 aliphatic heterocycles. The molecule has 0 aliphatic carbocycles. The van der Waals surface area contributed by atoms with Gasteiger partial charge in [-0.2, -0.15) is 0 Å². The first-order valence-electron chi connectivity index (χ1n) is 10.4. The number of para-hydroxylation sites is 2. The van der Waals surface area contributed by atoms with Gasteiger partial charge in [0.15, 0.2) is 0 Å². The number of hydrogen-bond donors (Lipinski definition) is 0. The van der Waals surface area contributed by atoms with Gasteiger partial charge in [-0.05, 0) is 38.0 Å². The molecule has 0 radical (unpaired) electrons. The fourth-order valence-electron chi connectivity index (χ4n) is 4.06. The molecular formula is C24H25N3O3. The molecule has 1 aromatic heterocycles. The molecule has 0 bridgehead atoms. The minimum absolute atomic E-state index is 0.0399. The predicted octanol–water partition coefficient (Wildman–Crippen LogP) is 3.50. The number of likely N-dealkylation sites (tertiary alicyclic amines) is 1. The second-order valence-electron chi connectivity index (χ2n) is 7.49. The average molecular weight is 403 g/mol. The molecule has 154 valence electrons. The van der Waals surface area contributed by atoms with Crippen molar-refractivity contribution in [2.45, 2.75) is 26.3 Å². The maximum Gasteiger partial charge on any atom is 0.299 e. The molecule has 0 unspecified atom stereocenters. The van der Waals surface area contributed by atoms with Crippen molar-refractivity contribution in [3.63, 3.8) is 0 Å². The summed E-state index contributed by atoms with van der Waals surface area (Å²) in [5.74, 6) is -1.10. The van der Waals surface area contributed by atoms with Gasteiger partial charge in [0.05, 0.1) is 5.56 Å². The highest BCUT2D eigenvalue weighted by Gasteiger charge is 2.27. The topological polar surface area (TPSA) is 62.6 Å². The van der Waals surface area contributed by atoms with Crippen LogP contribution in [0.4, 0.5) is 5.69 Å². The summed E-state index contributed by atoms with van der Waals surface area (Å²) in [6.45, 7) is 3.96. The van der Waals surface area contributed by atoms with Crippen LogP contribution in [0.25, 0.3) is 10.9 Å². The Hall–Kier alpha value is -3.41. The minimum Gasteiger partial charge on any atom is -0.341 e. The monoisotopic (exact) mass is 403 g/mol. The van der Waals surface area contributed by atoms with Crippen molar-refractivity contribution in [2.75, 3.05) is 24.5 Å². The lowest BCUT2D eigenvalue weighted by molar-refractivity contribution is -0.130. The molecule has 2 aromatic carbocycles. The highest BCUT2D eigenvalue weighted by Crippen LogP contribution is 2.24. The van der Waals surface area contributed by atoms with Gasteiger partial charge >= 0.3 is 0 Å². The summed E-state index contributed by atoms with van der Waals surface area (Å²) >= 11 is 0. The Balaban J connectivity index is 1.65. The van der Waals surface area contributed by atoms with Crippen molar-refractivity contribution in [1.82, 2.24) is 9.47 Å². The lowest BCUT2D eigenvalue weighted by Gasteiger charge is -2.19. The molecule has 0 saturated carbocycles. The van der Waals surface area contributed by atoms with E-state index in [-0.39, 0.29) is 12.5 Å². The number of hydrogen-bond acceptors (Lipinski definition) is 3. The molecule has 0 atom stereocenters. The summed E-state index contributed by atoms with van der Waals surface area (Å²) in [5, 5.41) is 0.689. The first-order chi connectivity index (χ1) is 14.6. The highest BCUT2D eigenvalue weighted by molar-refractivity contribution is 6.48. The third-order valence-corrected chi connectivity index (χ3v) is 5.62. The van der Waals surface area contributed by atoms with Gasteiger partial charge in [-0.3, -0.25) is 14.4 Å². The van der Waals surface area contributed by atoms with Crippen molar-refractivity contribution >= 4 is 34.2 Å². The highest BCUT2D eigenvalue weighted by atomic mass is 16.2. The third kappa shape index (κ3) is 3.73. The smallest absolute Gasteiger partial charge is 0.299 e. The Labute approximate surface area is 175 Å². The number of fused-ring (bicyclic) bond motifs is 1. The van der Waals surface area contributed by atoms with E-state index in [9.17, 15) is 14.4 Å². The zero-order valence-corrected chi connectivity index (χ0v) is 17.1. The lowest BCUT2D eigenvalue weighted by Crippen LogP contribution is -2.36. The predicted molar refractivity (Wildman–Crippen MR) is 117 cm³/mol. The fraction of sp³-hybridized carbons (Fsp3) is 0.292. The number of likely N-dealkylation sites (N-methyl/N-ethyl adjacent to an activating group) is 1. The number of anilines is 1.